The van der Waals surface area contributed by atoms with E-state index in [9.17, 15) is 25.3 Å². The van der Waals surface area contributed by atoms with Crippen LogP contribution in [0.2, 0.25) is 0 Å². The number of hydrogen-bond donors (Lipinski definition) is 2. The van der Waals surface area contributed by atoms with Gasteiger partial charge in [0.15, 0.2) is 10.0 Å². The molecule has 1 heterocycles. The third kappa shape index (κ3) is 8.97. The molecule has 5 aromatic rings. The van der Waals surface area contributed by atoms with Crippen molar-refractivity contribution in [2.75, 3.05) is 5.32 Å². The molecule has 0 radical (unpaired) electrons. The van der Waals surface area contributed by atoms with Gasteiger partial charge in [0.2, 0.25) is 11.0 Å². The summed E-state index contributed by atoms with van der Waals surface area (Å²) in [7, 11) is -20.8. The highest BCUT2D eigenvalue weighted by molar-refractivity contribution is 8.12. The Morgan fingerprint density at radius 3 is 1.91 bits per heavy atom. The van der Waals surface area contributed by atoms with Gasteiger partial charge in [-0.3, -0.25) is 0 Å². The van der Waals surface area contributed by atoms with Crippen LogP contribution in [0.1, 0.15) is 54.0 Å². The predicted molar refractivity (Wildman–Crippen MR) is 246 cm³/mol. The van der Waals surface area contributed by atoms with Crippen LogP contribution in [0.15, 0.2) is 131 Å². The van der Waals surface area contributed by atoms with Crippen LogP contribution in [-0.4, -0.2) is 41.7 Å². The van der Waals surface area contributed by atoms with Crippen LogP contribution in [0, 0.1) is 27.7 Å². The van der Waals surface area contributed by atoms with Crippen LogP contribution in [-0.2, 0) is 30.2 Å². The number of alkyl halides is 6. The van der Waals surface area contributed by atoms with E-state index < -0.39 is 57.2 Å². The second-order valence-electron chi connectivity index (χ2n) is 16.2. The maximum absolute atomic E-state index is 15.6. The van der Waals surface area contributed by atoms with Crippen molar-refractivity contribution >= 4 is 58.2 Å². The number of hydrogen-bond acceptors (Lipinski definition) is 9. The molecule has 0 spiro atoms. The fourth-order valence-corrected chi connectivity index (χ4v) is 11.4. The number of benzene rings is 6. The van der Waals surface area contributed by atoms with Crippen molar-refractivity contribution < 1.29 is 65.2 Å². The summed E-state index contributed by atoms with van der Waals surface area (Å²) in [5.74, 6) is -8.34. The standard InChI is InChI=1S/C48H42F6N3O8S3/c1-7-28(2)33-18-22-36(23-19-33)65-68(62,63)48(53,54)46(49,50)47(51,52)67(60,61)57-66(58,59)42-17-9-8-16-39(42)43-37-24-20-34(55-44-29(3)12-10-13-30(44)4)26-40(37)64-41-27-35(21-25-38(41)43)56-45-31(5)14-11-15-32(45)6/h8-28,55H,7H2,1-6H3/q-1/p+1. The Labute approximate surface area is 389 Å². The van der Waals surface area contributed by atoms with Crippen molar-refractivity contribution in [1.82, 2.24) is 0 Å². The molecule has 7 rings (SSSR count). The molecule has 0 fully saturated rings. The lowest BCUT2D eigenvalue weighted by atomic mass is 9.93. The van der Waals surface area contributed by atoms with Crippen molar-refractivity contribution in [1.29, 1.82) is 0 Å². The first kappa shape index (κ1) is 49.7. The number of sulfonamides is 2. The number of anilines is 2. The van der Waals surface area contributed by atoms with E-state index in [2.05, 4.69) is 18.6 Å². The van der Waals surface area contributed by atoms with Gasteiger partial charge in [0, 0.05) is 56.7 Å². The fraction of sp³-hybridized carbons (Fsp3) is 0.229. The topological polar surface area (TPSA) is 165 Å². The number of para-hydroxylation sites is 2. The van der Waals surface area contributed by atoms with Crippen molar-refractivity contribution in [2.24, 2.45) is 0 Å². The lowest BCUT2D eigenvalue weighted by Gasteiger charge is -2.35. The smallest absolute Gasteiger partial charge is 0.450 e. The average molecular weight is 1000 g/mol. The number of halogens is 6. The van der Waals surface area contributed by atoms with E-state index in [4.69, 9.17) is 4.42 Å². The molecule has 0 saturated carbocycles. The van der Waals surface area contributed by atoms with Crippen LogP contribution in [0.5, 0.6) is 5.75 Å². The minimum atomic E-state index is -7.61. The highest BCUT2D eigenvalue weighted by Crippen LogP contribution is 2.53. The molecule has 5 aromatic carbocycles. The van der Waals surface area contributed by atoms with Crippen molar-refractivity contribution in [3.8, 4) is 28.2 Å². The Balaban J connectivity index is 1.32. The summed E-state index contributed by atoms with van der Waals surface area (Å²) < 4.78 is 185. The summed E-state index contributed by atoms with van der Waals surface area (Å²) in [5.41, 5.74) is 6.24. The quantitative estimate of drug-likeness (QED) is 0.0578. The first-order valence-corrected chi connectivity index (χ1v) is 25.0. The summed E-state index contributed by atoms with van der Waals surface area (Å²) in [6.07, 6.45) is 0.594. The second kappa shape index (κ2) is 18.0. The molecule has 11 nitrogen and oxygen atoms in total. The van der Waals surface area contributed by atoms with Gasteiger partial charge in [-0.2, -0.15) is 34.8 Å². The SMILES string of the molecule is CCC(C)c1ccc(OS(=O)(=O)C(F)(F)C(F)(F)C(F)(F)S(=O)(=O)[N-]S(=O)(=O)c2ccccc2-c2c3ccc(=[NH+]c4c(C)cccc4C)cc-3oc3cc(Nc4c(C)cccc4C)ccc23)cc1. The monoisotopic (exact) mass is 999 g/mol. The largest absolute Gasteiger partial charge is 0.456 e. The lowest BCUT2D eigenvalue weighted by Crippen LogP contribution is -2.71. The number of nitrogens with one attached hydrogen (secondary N) is 2. The van der Waals surface area contributed by atoms with E-state index in [1.54, 1.807) is 50.2 Å². The first-order valence-electron chi connectivity index (χ1n) is 20.7. The number of fused-ring (bicyclic) bond motifs is 2. The molecule has 1 aliphatic carbocycles. The molecule has 358 valence electrons. The molecule has 1 atom stereocenters. The number of aryl methyl sites for hydroxylation is 4. The minimum absolute atomic E-state index is 0.0225. The fourth-order valence-electron chi connectivity index (χ4n) is 7.52. The zero-order valence-corrected chi connectivity index (χ0v) is 39.5. The molecule has 0 saturated heterocycles. The lowest BCUT2D eigenvalue weighted by molar-refractivity contribution is -0.403. The maximum atomic E-state index is 15.6. The molecule has 1 unspecified atom stereocenters. The molecule has 1 aliphatic heterocycles. The Morgan fingerprint density at radius 2 is 1.29 bits per heavy atom. The number of rotatable bonds is 15. The van der Waals surface area contributed by atoms with Crippen LogP contribution in [0.4, 0.5) is 43.4 Å². The van der Waals surface area contributed by atoms with Crippen LogP contribution in [0.25, 0.3) is 37.5 Å². The third-order valence-electron chi connectivity index (χ3n) is 11.5. The van der Waals surface area contributed by atoms with Crippen LogP contribution >= 0.6 is 0 Å². The van der Waals surface area contributed by atoms with Gasteiger partial charge in [0.25, 0.3) is 0 Å². The van der Waals surface area contributed by atoms with Gasteiger partial charge in [-0.1, -0.05) is 80.6 Å². The van der Waals surface area contributed by atoms with Crippen LogP contribution < -0.4 is 19.8 Å². The summed E-state index contributed by atoms with van der Waals surface area (Å²) in [6, 6.07) is 29.2. The third-order valence-corrected chi connectivity index (χ3v) is 16.2. The summed E-state index contributed by atoms with van der Waals surface area (Å²) in [6.45, 7) is 11.2. The molecular formula is C48H43F6N3O8S3. The molecule has 20 heteroatoms. The predicted octanol–water partition coefficient (Wildman–Crippen LogP) is 10.6. The Morgan fingerprint density at radius 1 is 0.691 bits per heavy atom. The zero-order valence-electron chi connectivity index (χ0n) is 37.0. The summed E-state index contributed by atoms with van der Waals surface area (Å²) in [5, 5.41) is -10.1. The summed E-state index contributed by atoms with van der Waals surface area (Å²) >= 11 is 0. The average Bonchev–Trinajstić information content (AvgIpc) is 3.27. The molecule has 0 bridgehead atoms. The first-order chi connectivity index (χ1) is 31.7. The minimum Gasteiger partial charge on any atom is -0.456 e. The van der Waals surface area contributed by atoms with Gasteiger partial charge in [-0.15, -0.1) is 0 Å². The highest BCUT2D eigenvalue weighted by atomic mass is 32.3. The van der Waals surface area contributed by atoms with E-state index in [1.807, 2.05) is 64.1 Å². The van der Waals surface area contributed by atoms with Gasteiger partial charge in [-0.05, 0) is 93.1 Å². The van der Waals surface area contributed by atoms with Gasteiger partial charge in [-0.25, -0.2) is 21.8 Å². The van der Waals surface area contributed by atoms with Gasteiger partial charge in [0.1, 0.15) is 27.1 Å². The van der Waals surface area contributed by atoms with E-state index in [0.29, 0.717) is 23.0 Å². The Hall–Kier alpha value is -6.22. The highest BCUT2D eigenvalue weighted by Gasteiger charge is 2.81. The normalized spacial score (nSPS) is 13.8. The van der Waals surface area contributed by atoms with Gasteiger partial charge in [0.05, 0.1) is 11.0 Å². The second-order valence-corrected chi connectivity index (χ2v) is 21.3. The zero-order chi connectivity index (χ0) is 49.8. The van der Waals surface area contributed by atoms with Crippen molar-refractivity contribution in [3.63, 3.8) is 0 Å². The van der Waals surface area contributed by atoms with Gasteiger partial charge < -0.3 is 18.0 Å². The van der Waals surface area contributed by atoms with Gasteiger partial charge >= 0.3 is 26.5 Å². The van der Waals surface area contributed by atoms with E-state index in [-0.39, 0.29) is 39.3 Å². The molecular weight excluding hydrogens is 957 g/mol. The molecule has 0 aromatic heterocycles. The van der Waals surface area contributed by atoms with E-state index >= 15 is 26.3 Å². The van der Waals surface area contributed by atoms with E-state index in [1.165, 1.54) is 18.2 Å². The maximum Gasteiger partial charge on any atom is 0.450 e. The number of nitrogens with zero attached hydrogens (tertiary/aromatic N) is 1. The molecule has 68 heavy (non-hydrogen) atoms. The van der Waals surface area contributed by atoms with Crippen molar-refractivity contribution in [3.05, 3.63) is 159 Å². The Kier molecular flexibility index (Phi) is 13.2. The van der Waals surface area contributed by atoms with Crippen molar-refractivity contribution in [2.45, 2.75) is 75.2 Å². The molecule has 2 N–H and O–H groups in total. The Bertz CT molecular complexity index is 3430. The molecule has 2 aliphatic rings. The van der Waals surface area contributed by atoms with E-state index in [0.717, 1.165) is 64.0 Å². The summed E-state index contributed by atoms with van der Waals surface area (Å²) in [4.78, 5) is 2.21. The molecule has 0 amide bonds. The van der Waals surface area contributed by atoms with Crippen LogP contribution in [0.3, 0.4) is 0 Å².